The molecule has 21 heavy (non-hydrogen) atoms. The van der Waals surface area contributed by atoms with Crippen LogP contribution in [0.15, 0.2) is 17.7 Å². The zero-order valence-electron chi connectivity index (χ0n) is 12.3. The SMILES string of the molecule is CCc1cc2c(Cl)nc(NCCC3=CCCCC3)nc2s1. The predicted molar refractivity (Wildman–Crippen MR) is 91.5 cm³/mol. The number of rotatable bonds is 5. The molecule has 3 nitrogen and oxygen atoms in total. The van der Waals surface area contributed by atoms with E-state index in [4.69, 9.17) is 11.6 Å². The maximum absolute atomic E-state index is 6.26. The third kappa shape index (κ3) is 3.55. The van der Waals surface area contributed by atoms with Gasteiger partial charge >= 0.3 is 0 Å². The summed E-state index contributed by atoms with van der Waals surface area (Å²) in [6.07, 6.45) is 9.61. The molecule has 0 atom stereocenters. The van der Waals surface area contributed by atoms with Crippen LogP contribution in [0.25, 0.3) is 10.2 Å². The van der Waals surface area contributed by atoms with Crippen LogP contribution in [0.5, 0.6) is 0 Å². The van der Waals surface area contributed by atoms with E-state index in [1.165, 1.54) is 30.6 Å². The largest absolute Gasteiger partial charge is 0.354 e. The molecule has 3 rings (SSSR count). The molecule has 0 aliphatic heterocycles. The molecule has 0 amide bonds. The van der Waals surface area contributed by atoms with Crippen molar-refractivity contribution in [2.75, 3.05) is 11.9 Å². The van der Waals surface area contributed by atoms with Gasteiger partial charge in [0.2, 0.25) is 5.95 Å². The van der Waals surface area contributed by atoms with Crippen molar-refractivity contribution in [2.24, 2.45) is 0 Å². The van der Waals surface area contributed by atoms with Crippen molar-refractivity contribution < 1.29 is 0 Å². The van der Waals surface area contributed by atoms with E-state index in [0.29, 0.717) is 11.1 Å². The van der Waals surface area contributed by atoms with Crippen molar-refractivity contribution in [2.45, 2.75) is 45.4 Å². The highest BCUT2D eigenvalue weighted by atomic mass is 35.5. The minimum Gasteiger partial charge on any atom is -0.354 e. The molecular weight excluding hydrogens is 302 g/mol. The summed E-state index contributed by atoms with van der Waals surface area (Å²) < 4.78 is 0. The van der Waals surface area contributed by atoms with Crippen LogP contribution >= 0.6 is 22.9 Å². The molecule has 0 spiro atoms. The third-order valence-corrected chi connectivity index (χ3v) is 5.32. The molecule has 0 unspecified atom stereocenters. The minimum absolute atomic E-state index is 0.551. The van der Waals surface area contributed by atoms with E-state index in [9.17, 15) is 0 Å². The van der Waals surface area contributed by atoms with Gasteiger partial charge in [-0.2, -0.15) is 0 Å². The molecule has 5 heteroatoms. The summed E-state index contributed by atoms with van der Waals surface area (Å²) in [5, 5.41) is 4.83. The second kappa shape index (κ2) is 6.75. The molecule has 0 saturated carbocycles. The van der Waals surface area contributed by atoms with E-state index in [1.54, 1.807) is 16.9 Å². The topological polar surface area (TPSA) is 37.8 Å². The summed E-state index contributed by atoms with van der Waals surface area (Å²) in [6.45, 7) is 3.02. The fourth-order valence-electron chi connectivity index (χ4n) is 2.66. The van der Waals surface area contributed by atoms with Gasteiger partial charge in [-0.25, -0.2) is 9.97 Å². The van der Waals surface area contributed by atoms with Crippen LogP contribution in [0.4, 0.5) is 5.95 Å². The van der Waals surface area contributed by atoms with Gasteiger partial charge in [0.25, 0.3) is 0 Å². The number of nitrogens with zero attached hydrogens (tertiary/aromatic N) is 2. The molecule has 2 aromatic rings. The minimum atomic E-state index is 0.551. The summed E-state index contributed by atoms with van der Waals surface area (Å²) in [6, 6.07) is 2.10. The molecule has 0 saturated heterocycles. The van der Waals surface area contributed by atoms with Crippen molar-refractivity contribution in [3.05, 3.63) is 27.7 Å². The van der Waals surface area contributed by atoms with E-state index < -0.39 is 0 Å². The van der Waals surface area contributed by atoms with Gasteiger partial charge in [0.15, 0.2) is 0 Å². The van der Waals surface area contributed by atoms with Crippen LogP contribution in [0.2, 0.25) is 5.15 Å². The Morgan fingerprint density at radius 1 is 1.33 bits per heavy atom. The second-order valence-electron chi connectivity index (χ2n) is 5.41. The van der Waals surface area contributed by atoms with Crippen molar-refractivity contribution in [1.29, 1.82) is 0 Å². The lowest BCUT2D eigenvalue weighted by Gasteiger charge is -2.12. The number of fused-ring (bicyclic) bond motifs is 1. The third-order valence-electron chi connectivity index (χ3n) is 3.86. The van der Waals surface area contributed by atoms with E-state index in [1.807, 2.05) is 0 Å². The molecule has 0 radical (unpaired) electrons. The average molecular weight is 322 g/mol. The number of thiophene rings is 1. The summed E-state index contributed by atoms with van der Waals surface area (Å²) in [5.74, 6) is 0.647. The quantitative estimate of drug-likeness (QED) is 0.607. The maximum Gasteiger partial charge on any atom is 0.225 e. The first-order valence-corrected chi connectivity index (χ1v) is 8.83. The normalized spacial score (nSPS) is 15.2. The summed E-state index contributed by atoms with van der Waals surface area (Å²) in [5.41, 5.74) is 1.56. The molecule has 1 aliphatic rings. The zero-order valence-corrected chi connectivity index (χ0v) is 13.9. The highest BCUT2D eigenvalue weighted by molar-refractivity contribution is 7.18. The summed E-state index contributed by atoms with van der Waals surface area (Å²) in [4.78, 5) is 11.2. The van der Waals surface area contributed by atoms with E-state index in [0.717, 1.165) is 29.6 Å². The first-order valence-electron chi connectivity index (χ1n) is 7.64. The highest BCUT2D eigenvalue weighted by Crippen LogP contribution is 2.30. The number of hydrogen-bond donors (Lipinski definition) is 1. The van der Waals surface area contributed by atoms with Crippen molar-refractivity contribution in [1.82, 2.24) is 9.97 Å². The highest BCUT2D eigenvalue weighted by Gasteiger charge is 2.10. The molecule has 1 aliphatic carbocycles. The van der Waals surface area contributed by atoms with E-state index in [2.05, 4.69) is 34.4 Å². The van der Waals surface area contributed by atoms with Crippen LogP contribution in [-0.2, 0) is 6.42 Å². The lowest BCUT2D eigenvalue weighted by molar-refractivity contribution is 0.679. The van der Waals surface area contributed by atoms with Gasteiger partial charge < -0.3 is 5.32 Å². The van der Waals surface area contributed by atoms with Gasteiger partial charge in [0.05, 0.1) is 0 Å². The van der Waals surface area contributed by atoms with Crippen LogP contribution in [-0.4, -0.2) is 16.5 Å². The first-order chi connectivity index (χ1) is 10.3. The Hall–Kier alpha value is -1.13. The molecule has 2 aromatic heterocycles. The number of anilines is 1. The smallest absolute Gasteiger partial charge is 0.225 e. The van der Waals surface area contributed by atoms with Gasteiger partial charge in [-0.15, -0.1) is 11.3 Å². The second-order valence-corrected chi connectivity index (χ2v) is 6.88. The zero-order chi connectivity index (χ0) is 14.7. The molecule has 0 aromatic carbocycles. The predicted octanol–water partition coefficient (Wildman–Crippen LogP) is 5.21. The number of hydrogen-bond acceptors (Lipinski definition) is 4. The summed E-state index contributed by atoms with van der Waals surface area (Å²) >= 11 is 7.96. The Kier molecular flexibility index (Phi) is 4.76. The maximum atomic E-state index is 6.26. The van der Waals surface area contributed by atoms with Crippen LogP contribution in [0.1, 0.15) is 43.9 Å². The Balaban J connectivity index is 1.67. The fourth-order valence-corrected chi connectivity index (χ4v) is 3.90. The van der Waals surface area contributed by atoms with Crippen LogP contribution in [0, 0.1) is 0 Å². The first kappa shape index (κ1) is 14.8. The number of allylic oxidation sites excluding steroid dienone is 1. The van der Waals surface area contributed by atoms with Gasteiger partial charge in [-0.05, 0) is 44.6 Å². The Morgan fingerprint density at radius 3 is 3.00 bits per heavy atom. The van der Waals surface area contributed by atoms with Gasteiger partial charge in [-0.1, -0.05) is 30.2 Å². The lowest BCUT2D eigenvalue weighted by atomic mass is 9.97. The average Bonchev–Trinajstić information content (AvgIpc) is 2.92. The van der Waals surface area contributed by atoms with Crippen molar-refractivity contribution in [3.63, 3.8) is 0 Å². The van der Waals surface area contributed by atoms with Crippen molar-refractivity contribution in [3.8, 4) is 0 Å². The molecular formula is C16H20ClN3S. The number of aromatic nitrogens is 2. The Labute approximate surface area is 134 Å². The summed E-state index contributed by atoms with van der Waals surface area (Å²) in [7, 11) is 0. The molecule has 112 valence electrons. The van der Waals surface area contributed by atoms with Gasteiger partial charge in [0.1, 0.15) is 9.98 Å². The fraction of sp³-hybridized carbons (Fsp3) is 0.500. The van der Waals surface area contributed by atoms with E-state index >= 15 is 0 Å². The van der Waals surface area contributed by atoms with Crippen LogP contribution in [0.3, 0.4) is 0 Å². The standard InChI is InChI=1S/C16H20ClN3S/c1-2-12-10-13-14(17)19-16(20-15(13)21-12)18-9-8-11-6-4-3-5-7-11/h6,10H,2-5,7-9H2,1H3,(H,18,19,20). The van der Waals surface area contributed by atoms with Crippen LogP contribution < -0.4 is 5.32 Å². The lowest BCUT2D eigenvalue weighted by Crippen LogP contribution is -2.07. The Bertz CT molecular complexity index is 663. The Morgan fingerprint density at radius 2 is 2.24 bits per heavy atom. The number of aryl methyl sites for hydroxylation is 1. The number of halogens is 1. The van der Waals surface area contributed by atoms with Crippen molar-refractivity contribution >= 4 is 39.1 Å². The molecule has 0 bridgehead atoms. The number of nitrogens with one attached hydrogen (secondary N) is 1. The molecule has 1 N–H and O–H groups in total. The van der Waals surface area contributed by atoms with Gasteiger partial charge in [0, 0.05) is 16.8 Å². The van der Waals surface area contributed by atoms with Gasteiger partial charge in [-0.3, -0.25) is 0 Å². The monoisotopic (exact) mass is 321 g/mol. The van der Waals surface area contributed by atoms with E-state index in [-0.39, 0.29) is 0 Å². The molecule has 0 fully saturated rings. The molecule has 2 heterocycles.